The molecule has 52 heavy (non-hydrogen) atoms. The largest absolute Gasteiger partial charge is 0.384 e. The van der Waals surface area contributed by atoms with Crippen LogP contribution in [0.2, 0.25) is 0 Å². The molecular formula is C45H42O5P2. The van der Waals surface area contributed by atoms with Crippen molar-refractivity contribution in [3.05, 3.63) is 189 Å². The van der Waals surface area contributed by atoms with Crippen molar-refractivity contribution >= 4 is 46.6 Å². The molecule has 0 saturated carbocycles. The molecule has 262 valence electrons. The van der Waals surface area contributed by atoms with Crippen LogP contribution in [-0.2, 0) is 9.13 Å². The fourth-order valence-corrected chi connectivity index (χ4v) is 12.9. The summed E-state index contributed by atoms with van der Waals surface area (Å²) in [6, 6.07) is 39.0. The van der Waals surface area contributed by atoms with Crippen LogP contribution >= 0.6 is 14.3 Å². The number of hydrogen-bond acceptors (Lipinski definition) is 5. The normalized spacial score (nSPS) is 11.8. The van der Waals surface area contributed by atoms with Crippen LogP contribution in [0, 0.1) is 41.5 Å². The summed E-state index contributed by atoms with van der Waals surface area (Å²) in [7, 11) is -7.70. The van der Waals surface area contributed by atoms with Crippen LogP contribution in [0.25, 0.3) is 0 Å². The average Bonchev–Trinajstić information content (AvgIpc) is 3.15. The third-order valence-corrected chi connectivity index (χ3v) is 15.8. The first-order chi connectivity index (χ1) is 24.8. The molecule has 5 nitrogen and oxygen atoms in total. The van der Waals surface area contributed by atoms with Crippen LogP contribution in [0.3, 0.4) is 0 Å². The van der Waals surface area contributed by atoms with Crippen molar-refractivity contribution < 1.29 is 23.8 Å². The van der Waals surface area contributed by atoms with E-state index in [1.807, 2.05) is 64.1 Å². The number of carbonyl (C=O) groups is 2. The fourth-order valence-electron chi connectivity index (χ4n) is 7.68. The van der Waals surface area contributed by atoms with E-state index >= 15 is 9.13 Å². The van der Waals surface area contributed by atoms with Crippen molar-refractivity contribution in [3.8, 4) is 0 Å². The summed E-state index contributed by atoms with van der Waals surface area (Å²) < 4.78 is 30.3. The van der Waals surface area contributed by atoms with Crippen LogP contribution in [-0.4, -0.2) is 16.2 Å². The first kappa shape index (κ1) is 36.9. The van der Waals surface area contributed by atoms with Gasteiger partial charge in [0.25, 0.3) is 0 Å². The Morgan fingerprint density at radius 2 is 0.692 bits per heavy atom. The minimum Gasteiger partial charge on any atom is -0.384 e. The summed E-state index contributed by atoms with van der Waals surface area (Å²) in [5.74, 6) is 0. The van der Waals surface area contributed by atoms with Gasteiger partial charge >= 0.3 is 0 Å². The van der Waals surface area contributed by atoms with E-state index in [-0.39, 0.29) is 0 Å². The zero-order chi connectivity index (χ0) is 37.4. The Morgan fingerprint density at radius 1 is 0.442 bits per heavy atom. The molecule has 6 rings (SSSR count). The second-order valence-corrected chi connectivity index (χ2v) is 18.7. The Balaban J connectivity index is 1.53. The van der Waals surface area contributed by atoms with E-state index in [1.165, 1.54) is 0 Å². The second-order valence-electron chi connectivity index (χ2n) is 13.4. The summed E-state index contributed by atoms with van der Waals surface area (Å²) in [5.41, 5.74) is 4.45. The molecule has 0 heterocycles. The third kappa shape index (κ3) is 6.18. The van der Waals surface area contributed by atoms with E-state index in [1.54, 1.807) is 111 Å². The molecule has 0 fully saturated rings. The average molecular weight is 725 g/mol. The second kappa shape index (κ2) is 14.6. The van der Waals surface area contributed by atoms with Crippen LogP contribution < -0.4 is 21.2 Å². The SMILES string of the molecule is Cc1cc(C)c(C(O)c2c(C)cc(C)c(C(=O)P(=O)(c3ccccc3)c3ccccc3)c2C)c(C)c1C(=O)P(=O)(c1ccccc1)c1ccccc1. The predicted octanol–water partition coefficient (Wildman–Crippen LogP) is 8.93. The number of aliphatic hydroxyl groups is 1. The molecule has 0 aromatic heterocycles. The van der Waals surface area contributed by atoms with Gasteiger partial charge in [-0.1, -0.05) is 133 Å². The maximum absolute atomic E-state index is 15.2. The lowest BCUT2D eigenvalue weighted by Gasteiger charge is -2.27. The molecule has 0 radical (unpaired) electrons. The Morgan fingerprint density at radius 3 is 0.942 bits per heavy atom. The molecule has 0 saturated heterocycles. The fraction of sp³-hybridized carbons (Fsp3) is 0.156. The van der Waals surface area contributed by atoms with Crippen LogP contribution in [0.5, 0.6) is 0 Å². The highest BCUT2D eigenvalue weighted by Crippen LogP contribution is 2.51. The van der Waals surface area contributed by atoms with Gasteiger partial charge in [-0.2, -0.15) is 0 Å². The summed E-state index contributed by atoms with van der Waals surface area (Å²) in [6.07, 6.45) is -1.25. The molecule has 1 N–H and O–H groups in total. The number of benzene rings is 6. The van der Waals surface area contributed by atoms with Gasteiger partial charge in [0, 0.05) is 32.3 Å². The monoisotopic (exact) mass is 724 g/mol. The molecule has 0 amide bonds. The lowest BCUT2D eigenvalue weighted by molar-refractivity contribution is 0.106. The van der Waals surface area contributed by atoms with Crippen molar-refractivity contribution in [3.63, 3.8) is 0 Å². The summed E-state index contributed by atoms with van der Waals surface area (Å²) >= 11 is 0. The highest BCUT2D eigenvalue weighted by molar-refractivity contribution is 7.94. The molecule has 0 unspecified atom stereocenters. The van der Waals surface area contributed by atoms with E-state index in [9.17, 15) is 14.7 Å². The molecule has 0 aliphatic carbocycles. The molecule has 6 aromatic rings. The molecule has 0 spiro atoms. The maximum Gasteiger partial charge on any atom is 0.230 e. The topological polar surface area (TPSA) is 88.5 Å². The van der Waals surface area contributed by atoms with Crippen molar-refractivity contribution in [1.82, 2.24) is 0 Å². The summed E-state index contributed by atoms with van der Waals surface area (Å²) in [4.78, 5) is 29.6. The molecule has 6 aromatic carbocycles. The molecule has 7 heteroatoms. The van der Waals surface area contributed by atoms with Crippen LogP contribution in [0.4, 0.5) is 0 Å². The van der Waals surface area contributed by atoms with Crippen molar-refractivity contribution in [2.45, 2.75) is 47.6 Å². The first-order valence-corrected chi connectivity index (χ1v) is 20.7. The number of carbonyl (C=O) groups excluding carboxylic acids is 2. The Bertz CT molecular complexity index is 2150. The van der Waals surface area contributed by atoms with Gasteiger partial charge < -0.3 is 14.2 Å². The van der Waals surface area contributed by atoms with Gasteiger partial charge in [-0.25, -0.2) is 0 Å². The molecular weight excluding hydrogens is 682 g/mol. The van der Waals surface area contributed by atoms with Gasteiger partial charge in [-0.05, 0) is 86.1 Å². The Kier molecular flexibility index (Phi) is 10.4. The van der Waals surface area contributed by atoms with E-state index < -0.39 is 31.4 Å². The first-order valence-electron chi connectivity index (χ1n) is 17.2. The van der Waals surface area contributed by atoms with Crippen molar-refractivity contribution in [2.24, 2.45) is 0 Å². The van der Waals surface area contributed by atoms with Gasteiger partial charge in [0.15, 0.2) is 0 Å². The third-order valence-electron chi connectivity index (χ3n) is 10.1. The van der Waals surface area contributed by atoms with Gasteiger partial charge in [-0.3, -0.25) is 9.59 Å². The standard InChI is InChI=1S/C45H42O5P2/c1-29-27-31(3)41(44(47)51(49,35-19-11-7-12-20-35)36-21-13-8-14-22-36)33(5)39(29)43(46)40-30(2)28-32(4)42(34(40)6)45(48)52(50,37-23-15-9-16-24-37)38-25-17-10-18-26-38/h7-28,43,46H,1-6H3. The maximum atomic E-state index is 15.2. The quantitative estimate of drug-likeness (QED) is 0.143. The lowest BCUT2D eigenvalue weighted by Crippen LogP contribution is -2.25. The van der Waals surface area contributed by atoms with E-state index in [4.69, 9.17) is 0 Å². The Hall–Kier alpha value is -4.92. The number of hydrogen-bond donors (Lipinski definition) is 1. The van der Waals surface area contributed by atoms with Crippen molar-refractivity contribution in [1.29, 1.82) is 0 Å². The zero-order valence-corrected chi connectivity index (χ0v) is 32.0. The Labute approximate surface area is 306 Å². The van der Waals surface area contributed by atoms with Crippen LogP contribution in [0.15, 0.2) is 133 Å². The van der Waals surface area contributed by atoms with E-state index in [2.05, 4.69) is 0 Å². The number of aryl methyl sites for hydroxylation is 4. The minimum atomic E-state index is -3.85. The predicted molar refractivity (Wildman–Crippen MR) is 214 cm³/mol. The highest BCUT2D eigenvalue weighted by Gasteiger charge is 2.41. The van der Waals surface area contributed by atoms with Gasteiger partial charge in [0.05, 0.1) is 0 Å². The molecule has 0 bridgehead atoms. The van der Waals surface area contributed by atoms with Gasteiger partial charge in [0.1, 0.15) is 6.10 Å². The van der Waals surface area contributed by atoms with Gasteiger partial charge in [-0.15, -0.1) is 0 Å². The molecule has 0 atom stereocenters. The van der Waals surface area contributed by atoms with Crippen molar-refractivity contribution in [2.75, 3.05) is 0 Å². The van der Waals surface area contributed by atoms with Gasteiger partial charge in [0.2, 0.25) is 25.3 Å². The van der Waals surface area contributed by atoms with Crippen LogP contribution in [0.1, 0.15) is 71.3 Å². The highest BCUT2D eigenvalue weighted by atomic mass is 31.2. The van der Waals surface area contributed by atoms with E-state index in [0.29, 0.717) is 65.7 Å². The zero-order valence-electron chi connectivity index (χ0n) is 30.3. The minimum absolute atomic E-state index is 0.298. The smallest absolute Gasteiger partial charge is 0.230 e. The number of rotatable bonds is 10. The molecule has 0 aliphatic heterocycles. The lowest BCUT2D eigenvalue weighted by atomic mass is 9.83. The number of aliphatic hydroxyl groups excluding tert-OH is 1. The van der Waals surface area contributed by atoms with E-state index in [0.717, 1.165) is 11.1 Å². The molecule has 0 aliphatic rings. The summed E-state index contributed by atoms with van der Waals surface area (Å²) in [5, 5.41) is 14.2. The summed E-state index contributed by atoms with van der Waals surface area (Å²) in [6.45, 7) is 11.0.